The lowest BCUT2D eigenvalue weighted by atomic mass is 10.0. The summed E-state index contributed by atoms with van der Waals surface area (Å²) < 4.78 is 5.38. The Hall–Kier alpha value is -2.47. The summed E-state index contributed by atoms with van der Waals surface area (Å²) in [6.45, 7) is 1.56. The van der Waals surface area contributed by atoms with E-state index in [1.165, 1.54) is 0 Å². The topological polar surface area (TPSA) is 105 Å². The van der Waals surface area contributed by atoms with Gasteiger partial charge in [-0.15, -0.1) is 0 Å². The predicted molar refractivity (Wildman–Crippen MR) is 80.5 cm³/mol. The van der Waals surface area contributed by atoms with Crippen molar-refractivity contribution in [2.75, 3.05) is 18.4 Å². The van der Waals surface area contributed by atoms with Gasteiger partial charge >= 0.3 is 0 Å². The van der Waals surface area contributed by atoms with Gasteiger partial charge in [0, 0.05) is 12.2 Å². The molecule has 1 aliphatic heterocycles. The number of anilines is 1. The molecule has 1 aliphatic rings. The van der Waals surface area contributed by atoms with E-state index >= 15 is 0 Å². The van der Waals surface area contributed by atoms with E-state index in [0.717, 1.165) is 37.1 Å². The number of hydrogen-bond acceptors (Lipinski definition) is 5. The standard InChI is InChI=1S/C14H17N5O/c15-9-19-11-1-3-12(4-2-11)20-14(17)13(16)10-5-7-18-8-6-10/h1-5,9,16-18H,6-8H2,(H2,15,19). The fraction of sp³-hybridized carbons (Fsp3) is 0.214. The summed E-state index contributed by atoms with van der Waals surface area (Å²) in [6, 6.07) is 6.90. The molecule has 5 N–H and O–H groups in total. The van der Waals surface area contributed by atoms with Crippen LogP contribution >= 0.6 is 0 Å². The molecule has 1 aromatic rings. The van der Waals surface area contributed by atoms with Crippen molar-refractivity contribution in [1.29, 1.82) is 16.2 Å². The first-order valence-electron chi connectivity index (χ1n) is 6.31. The Labute approximate surface area is 117 Å². The highest BCUT2D eigenvalue weighted by molar-refractivity contribution is 6.43. The SMILES string of the molecule is N=CNc1ccc(OC(=N)C(=N)C2=CCNCC2)cc1. The summed E-state index contributed by atoms with van der Waals surface area (Å²) in [5, 5.41) is 28.6. The summed E-state index contributed by atoms with van der Waals surface area (Å²) in [7, 11) is 0. The summed E-state index contributed by atoms with van der Waals surface area (Å²) >= 11 is 0. The minimum absolute atomic E-state index is 0.133. The van der Waals surface area contributed by atoms with Crippen LogP contribution in [0, 0.1) is 16.2 Å². The predicted octanol–water partition coefficient (Wildman–Crippen LogP) is 2.00. The summed E-state index contributed by atoms with van der Waals surface area (Å²) in [5.74, 6) is 0.357. The Bertz CT molecular complexity index is 547. The molecule has 6 nitrogen and oxygen atoms in total. The van der Waals surface area contributed by atoms with E-state index in [1.54, 1.807) is 24.3 Å². The van der Waals surface area contributed by atoms with Gasteiger partial charge in [0.15, 0.2) is 0 Å². The molecule has 2 rings (SSSR count). The van der Waals surface area contributed by atoms with Crippen molar-refractivity contribution in [1.82, 2.24) is 5.32 Å². The van der Waals surface area contributed by atoms with Crippen LogP contribution in [-0.4, -0.2) is 31.0 Å². The van der Waals surface area contributed by atoms with Gasteiger partial charge in [0.25, 0.3) is 0 Å². The van der Waals surface area contributed by atoms with Crippen molar-refractivity contribution in [2.24, 2.45) is 0 Å². The van der Waals surface area contributed by atoms with Crippen LogP contribution in [0.25, 0.3) is 0 Å². The van der Waals surface area contributed by atoms with Crippen LogP contribution in [0.3, 0.4) is 0 Å². The molecule has 6 heteroatoms. The largest absolute Gasteiger partial charge is 0.437 e. The second-order valence-electron chi connectivity index (χ2n) is 4.30. The smallest absolute Gasteiger partial charge is 0.237 e. The lowest BCUT2D eigenvalue weighted by molar-refractivity contribution is 0.555. The molecule has 104 valence electrons. The molecule has 20 heavy (non-hydrogen) atoms. The number of nitrogens with one attached hydrogen (secondary N) is 5. The lowest BCUT2D eigenvalue weighted by Crippen LogP contribution is -2.28. The highest BCUT2D eigenvalue weighted by Gasteiger charge is 2.15. The van der Waals surface area contributed by atoms with Crippen LogP contribution in [0.4, 0.5) is 5.69 Å². The number of benzene rings is 1. The highest BCUT2D eigenvalue weighted by atomic mass is 16.5. The Morgan fingerprint density at radius 3 is 2.60 bits per heavy atom. The van der Waals surface area contributed by atoms with Crippen molar-refractivity contribution >= 4 is 23.6 Å². The minimum Gasteiger partial charge on any atom is -0.437 e. The van der Waals surface area contributed by atoms with Gasteiger partial charge in [-0.25, -0.2) is 0 Å². The molecule has 0 unspecified atom stereocenters. The van der Waals surface area contributed by atoms with Crippen LogP contribution in [0.1, 0.15) is 6.42 Å². The van der Waals surface area contributed by atoms with Crippen molar-refractivity contribution in [2.45, 2.75) is 6.42 Å². The van der Waals surface area contributed by atoms with Gasteiger partial charge in [0.05, 0.1) is 6.34 Å². The highest BCUT2D eigenvalue weighted by Crippen LogP contribution is 2.16. The van der Waals surface area contributed by atoms with Crippen molar-refractivity contribution < 1.29 is 4.74 Å². The monoisotopic (exact) mass is 271 g/mol. The van der Waals surface area contributed by atoms with E-state index in [0.29, 0.717) is 5.75 Å². The molecule has 0 spiro atoms. The molecular weight excluding hydrogens is 254 g/mol. The van der Waals surface area contributed by atoms with Gasteiger partial charge in [0.2, 0.25) is 5.90 Å². The van der Waals surface area contributed by atoms with E-state index in [4.69, 9.17) is 21.0 Å². The average molecular weight is 271 g/mol. The molecule has 0 saturated heterocycles. The maximum Gasteiger partial charge on any atom is 0.237 e. The van der Waals surface area contributed by atoms with E-state index < -0.39 is 0 Å². The maximum absolute atomic E-state index is 7.96. The Morgan fingerprint density at radius 2 is 2.00 bits per heavy atom. The second-order valence-corrected chi connectivity index (χ2v) is 4.30. The quantitative estimate of drug-likeness (QED) is 0.418. The molecule has 0 aromatic heterocycles. The van der Waals surface area contributed by atoms with Crippen LogP contribution in [-0.2, 0) is 0 Å². The third kappa shape index (κ3) is 3.52. The zero-order valence-corrected chi connectivity index (χ0v) is 11.0. The van der Waals surface area contributed by atoms with Crippen LogP contribution in [0.2, 0.25) is 0 Å². The molecule has 0 bridgehead atoms. The number of ether oxygens (including phenoxy) is 1. The molecule has 0 amide bonds. The minimum atomic E-state index is -0.147. The number of rotatable bonds is 5. The maximum atomic E-state index is 7.96. The molecule has 0 radical (unpaired) electrons. The van der Waals surface area contributed by atoms with Crippen LogP contribution in [0.15, 0.2) is 35.9 Å². The van der Waals surface area contributed by atoms with E-state index in [1.807, 2.05) is 6.08 Å². The summed E-state index contributed by atoms with van der Waals surface area (Å²) in [5.41, 5.74) is 1.75. The van der Waals surface area contributed by atoms with E-state index in [2.05, 4.69) is 10.6 Å². The van der Waals surface area contributed by atoms with Crippen LogP contribution in [0.5, 0.6) is 5.75 Å². The fourth-order valence-corrected chi connectivity index (χ4v) is 1.87. The fourth-order valence-electron chi connectivity index (χ4n) is 1.87. The first-order valence-corrected chi connectivity index (χ1v) is 6.31. The van der Waals surface area contributed by atoms with E-state index in [9.17, 15) is 0 Å². The zero-order chi connectivity index (χ0) is 14.4. The molecular formula is C14H17N5O. The van der Waals surface area contributed by atoms with Crippen molar-refractivity contribution in [3.8, 4) is 5.75 Å². The van der Waals surface area contributed by atoms with Crippen molar-refractivity contribution in [3.05, 3.63) is 35.9 Å². The van der Waals surface area contributed by atoms with Crippen molar-refractivity contribution in [3.63, 3.8) is 0 Å². The lowest BCUT2D eigenvalue weighted by Gasteiger charge is -2.15. The molecule has 0 saturated carbocycles. The van der Waals surface area contributed by atoms with Gasteiger partial charge in [-0.3, -0.25) is 16.2 Å². The van der Waals surface area contributed by atoms with Gasteiger partial charge in [0.1, 0.15) is 11.5 Å². The number of hydrogen-bond donors (Lipinski definition) is 5. The van der Waals surface area contributed by atoms with Gasteiger partial charge in [-0.05, 0) is 42.8 Å². The summed E-state index contributed by atoms with van der Waals surface area (Å²) in [4.78, 5) is 0. The Kier molecular flexibility index (Phi) is 4.62. The molecule has 0 aliphatic carbocycles. The van der Waals surface area contributed by atoms with E-state index in [-0.39, 0.29) is 11.6 Å². The average Bonchev–Trinajstić information content (AvgIpc) is 2.49. The second kappa shape index (κ2) is 6.63. The van der Waals surface area contributed by atoms with Crippen LogP contribution < -0.4 is 15.4 Å². The molecule has 0 fully saturated rings. The molecule has 1 heterocycles. The zero-order valence-electron chi connectivity index (χ0n) is 11.0. The first kappa shape index (κ1) is 14.0. The Morgan fingerprint density at radius 1 is 1.25 bits per heavy atom. The van der Waals surface area contributed by atoms with Gasteiger partial charge in [-0.2, -0.15) is 0 Å². The summed E-state index contributed by atoms with van der Waals surface area (Å²) in [6.07, 6.45) is 3.75. The molecule has 1 aromatic carbocycles. The third-order valence-electron chi connectivity index (χ3n) is 2.93. The molecule has 0 atom stereocenters. The van der Waals surface area contributed by atoms with Gasteiger partial charge in [-0.1, -0.05) is 6.08 Å². The normalized spacial score (nSPS) is 14.1. The third-order valence-corrected chi connectivity index (χ3v) is 2.93. The first-order chi connectivity index (χ1) is 9.70. The van der Waals surface area contributed by atoms with Gasteiger partial charge < -0.3 is 15.4 Å². The Balaban J connectivity index is 1.98.